The van der Waals surface area contributed by atoms with Gasteiger partial charge in [0.05, 0.1) is 4.88 Å². The maximum absolute atomic E-state index is 11.8. The predicted molar refractivity (Wildman–Crippen MR) is 90.0 cm³/mol. The van der Waals surface area contributed by atoms with Gasteiger partial charge in [0, 0.05) is 12.2 Å². The van der Waals surface area contributed by atoms with Gasteiger partial charge in [0.25, 0.3) is 0 Å². The number of benzene rings is 1. The third-order valence-electron chi connectivity index (χ3n) is 3.04. The number of rotatable bonds is 7. The highest BCUT2D eigenvalue weighted by atomic mass is 32.2. The first-order chi connectivity index (χ1) is 9.65. The Balaban J connectivity index is 1.68. The zero-order valence-electron chi connectivity index (χ0n) is 12.0. The van der Waals surface area contributed by atoms with Crippen LogP contribution in [0.25, 0.3) is 0 Å². The van der Waals surface area contributed by atoms with Crippen LogP contribution >= 0.6 is 23.1 Å². The Bertz CT molecular complexity index is 538. The molecule has 0 fully saturated rings. The first kappa shape index (κ1) is 15.3. The summed E-state index contributed by atoms with van der Waals surface area (Å²) >= 11 is 3.45. The quantitative estimate of drug-likeness (QED) is 0.512. The van der Waals surface area contributed by atoms with E-state index in [1.165, 1.54) is 28.0 Å². The van der Waals surface area contributed by atoms with Gasteiger partial charge in [-0.3, -0.25) is 4.79 Å². The van der Waals surface area contributed by atoms with Crippen LogP contribution in [0.4, 0.5) is 0 Å². The number of hydrogen-bond acceptors (Lipinski definition) is 3. The van der Waals surface area contributed by atoms with Crippen LogP contribution in [0.2, 0.25) is 0 Å². The number of ketones is 1. The summed E-state index contributed by atoms with van der Waals surface area (Å²) in [5, 5.41) is 1.96. The molecule has 1 aromatic heterocycles. The molecule has 3 heteroatoms. The molecule has 1 heterocycles. The molecule has 0 aliphatic rings. The number of Topliss-reactive ketones (excluding diaryl/α,β-unsaturated/α-hetero) is 1. The zero-order valence-corrected chi connectivity index (χ0v) is 13.7. The minimum absolute atomic E-state index is 0.284. The van der Waals surface area contributed by atoms with Crippen LogP contribution in [0.15, 0.2) is 35.7 Å². The number of hydrogen-bond donors (Lipinski definition) is 0. The molecule has 0 bridgehead atoms. The standard InChI is InChI=1S/C17H20OS2/c1-13-9-14(2)11-15(10-13)12-19-7-3-5-16(18)17-6-4-8-20-17/h4,6,8-11H,3,5,7,12H2,1-2H3. The Hall–Kier alpha value is -1.06. The second kappa shape index (κ2) is 7.65. The lowest BCUT2D eigenvalue weighted by molar-refractivity contribution is 0.0986. The van der Waals surface area contributed by atoms with Crippen molar-refractivity contribution in [3.63, 3.8) is 0 Å². The molecule has 0 spiro atoms. The van der Waals surface area contributed by atoms with Gasteiger partial charge in [-0.25, -0.2) is 0 Å². The van der Waals surface area contributed by atoms with E-state index in [1.807, 2.05) is 29.3 Å². The lowest BCUT2D eigenvalue weighted by Crippen LogP contribution is -1.96. The van der Waals surface area contributed by atoms with Crippen molar-refractivity contribution >= 4 is 28.9 Å². The van der Waals surface area contributed by atoms with E-state index in [0.29, 0.717) is 6.42 Å². The summed E-state index contributed by atoms with van der Waals surface area (Å²) in [7, 11) is 0. The Morgan fingerprint density at radius 2 is 1.95 bits per heavy atom. The summed E-state index contributed by atoms with van der Waals surface area (Å²) in [5.74, 6) is 2.37. The summed E-state index contributed by atoms with van der Waals surface area (Å²) in [4.78, 5) is 12.7. The van der Waals surface area contributed by atoms with E-state index in [1.54, 1.807) is 0 Å². The summed E-state index contributed by atoms with van der Waals surface area (Å²) in [5.41, 5.74) is 4.04. The van der Waals surface area contributed by atoms with Crippen molar-refractivity contribution in [3.8, 4) is 0 Å². The van der Waals surface area contributed by atoms with Gasteiger partial charge in [-0.05, 0) is 43.0 Å². The van der Waals surface area contributed by atoms with Crippen molar-refractivity contribution in [2.24, 2.45) is 0 Å². The zero-order chi connectivity index (χ0) is 14.4. The summed E-state index contributed by atoms with van der Waals surface area (Å²) in [6, 6.07) is 10.5. The minimum Gasteiger partial charge on any atom is -0.293 e. The SMILES string of the molecule is Cc1cc(C)cc(CSCCCC(=O)c2cccs2)c1. The van der Waals surface area contributed by atoms with Crippen molar-refractivity contribution in [2.75, 3.05) is 5.75 Å². The maximum atomic E-state index is 11.8. The molecule has 2 rings (SSSR count). The normalized spacial score (nSPS) is 10.7. The second-order valence-corrected chi connectivity index (χ2v) is 7.11. The Morgan fingerprint density at radius 3 is 2.60 bits per heavy atom. The monoisotopic (exact) mass is 304 g/mol. The van der Waals surface area contributed by atoms with Crippen molar-refractivity contribution in [2.45, 2.75) is 32.4 Å². The van der Waals surface area contributed by atoms with Crippen LogP contribution in [0.1, 0.15) is 39.2 Å². The van der Waals surface area contributed by atoms with Crippen LogP contribution in [-0.4, -0.2) is 11.5 Å². The topological polar surface area (TPSA) is 17.1 Å². The Morgan fingerprint density at radius 1 is 1.20 bits per heavy atom. The van der Waals surface area contributed by atoms with Crippen molar-refractivity contribution in [3.05, 3.63) is 57.3 Å². The molecule has 0 atom stereocenters. The van der Waals surface area contributed by atoms with Gasteiger partial charge < -0.3 is 0 Å². The Kier molecular flexibility index (Phi) is 5.86. The highest BCUT2D eigenvalue weighted by Gasteiger charge is 2.06. The predicted octanol–water partition coefficient (Wildman–Crippen LogP) is 5.26. The van der Waals surface area contributed by atoms with Crippen LogP contribution in [0.5, 0.6) is 0 Å². The average Bonchev–Trinajstić information content (AvgIpc) is 2.90. The molecular weight excluding hydrogens is 284 g/mol. The molecule has 0 N–H and O–H groups in total. The fourth-order valence-electron chi connectivity index (χ4n) is 2.24. The third kappa shape index (κ3) is 4.80. The number of thioether (sulfide) groups is 1. The van der Waals surface area contributed by atoms with E-state index in [9.17, 15) is 4.79 Å². The van der Waals surface area contributed by atoms with Crippen molar-refractivity contribution in [1.29, 1.82) is 0 Å². The van der Waals surface area contributed by atoms with Gasteiger partial charge in [-0.1, -0.05) is 35.4 Å². The summed E-state index contributed by atoms with van der Waals surface area (Å²) in [6.45, 7) is 4.28. The van der Waals surface area contributed by atoms with Gasteiger partial charge in [0.15, 0.2) is 5.78 Å². The molecule has 20 heavy (non-hydrogen) atoms. The van der Waals surface area contributed by atoms with Crippen LogP contribution in [-0.2, 0) is 5.75 Å². The van der Waals surface area contributed by atoms with Gasteiger partial charge in [0.2, 0.25) is 0 Å². The summed E-state index contributed by atoms with van der Waals surface area (Å²) < 4.78 is 0. The number of thiophene rings is 1. The molecule has 2 aromatic rings. The highest BCUT2D eigenvalue weighted by Crippen LogP contribution is 2.18. The Labute approximate surface area is 129 Å². The number of carbonyl (C=O) groups is 1. The molecule has 1 aromatic carbocycles. The lowest BCUT2D eigenvalue weighted by atomic mass is 10.1. The van der Waals surface area contributed by atoms with Gasteiger partial charge >= 0.3 is 0 Å². The van der Waals surface area contributed by atoms with E-state index < -0.39 is 0 Å². The van der Waals surface area contributed by atoms with Gasteiger partial charge in [-0.15, -0.1) is 11.3 Å². The lowest BCUT2D eigenvalue weighted by Gasteiger charge is -2.05. The molecule has 0 aliphatic carbocycles. The first-order valence-corrected chi connectivity index (χ1v) is 8.90. The first-order valence-electron chi connectivity index (χ1n) is 6.87. The molecule has 0 aliphatic heterocycles. The van der Waals surface area contributed by atoms with E-state index in [4.69, 9.17) is 0 Å². The van der Waals surface area contributed by atoms with Crippen LogP contribution in [0, 0.1) is 13.8 Å². The van der Waals surface area contributed by atoms with E-state index in [2.05, 4.69) is 32.0 Å². The molecule has 0 radical (unpaired) electrons. The van der Waals surface area contributed by atoms with Crippen molar-refractivity contribution < 1.29 is 4.79 Å². The smallest absolute Gasteiger partial charge is 0.172 e. The van der Waals surface area contributed by atoms with Gasteiger partial charge in [-0.2, -0.15) is 11.8 Å². The van der Waals surface area contributed by atoms with Gasteiger partial charge in [0.1, 0.15) is 0 Å². The molecular formula is C17H20OS2. The summed E-state index contributed by atoms with van der Waals surface area (Å²) in [6.07, 6.45) is 1.63. The van der Waals surface area contributed by atoms with E-state index in [-0.39, 0.29) is 5.78 Å². The largest absolute Gasteiger partial charge is 0.293 e. The molecule has 0 amide bonds. The number of carbonyl (C=O) groups excluding carboxylic acids is 1. The van der Waals surface area contributed by atoms with Crippen molar-refractivity contribution in [1.82, 2.24) is 0 Å². The van der Waals surface area contributed by atoms with Crippen LogP contribution < -0.4 is 0 Å². The molecule has 106 valence electrons. The maximum Gasteiger partial charge on any atom is 0.172 e. The molecule has 1 nitrogen and oxygen atoms in total. The van der Waals surface area contributed by atoms with Crippen LogP contribution in [0.3, 0.4) is 0 Å². The average molecular weight is 304 g/mol. The minimum atomic E-state index is 0.284. The fourth-order valence-corrected chi connectivity index (χ4v) is 3.83. The second-order valence-electron chi connectivity index (χ2n) is 5.05. The molecule has 0 saturated carbocycles. The number of aryl methyl sites for hydroxylation is 2. The van der Waals surface area contributed by atoms with E-state index >= 15 is 0 Å². The molecule has 0 unspecified atom stereocenters. The fraction of sp³-hybridized carbons (Fsp3) is 0.353. The molecule has 0 saturated heterocycles. The van der Waals surface area contributed by atoms with E-state index in [0.717, 1.165) is 22.8 Å². The third-order valence-corrected chi connectivity index (χ3v) is 5.06. The highest BCUT2D eigenvalue weighted by molar-refractivity contribution is 7.98.